The number of nitro benzene ring substituents is 1. The Balaban J connectivity index is 2.47. The summed E-state index contributed by atoms with van der Waals surface area (Å²) in [4.78, 5) is 12.2. The molecule has 0 saturated carbocycles. The zero-order valence-corrected chi connectivity index (χ0v) is 11.6. The fraction of sp³-hybridized carbons (Fsp3) is 0.133. The van der Waals surface area contributed by atoms with Gasteiger partial charge in [-0.3, -0.25) is 10.1 Å². The first-order valence-electron chi connectivity index (χ1n) is 6.13. The number of nitro groups is 1. The van der Waals surface area contributed by atoms with Gasteiger partial charge >= 0.3 is 5.69 Å². The Morgan fingerprint density at radius 3 is 2.62 bits per heavy atom. The van der Waals surface area contributed by atoms with Crippen LogP contribution in [0.15, 0.2) is 42.5 Å². The van der Waals surface area contributed by atoms with Crippen LogP contribution in [0.3, 0.4) is 0 Å². The molecular weight excluding hydrogens is 270 g/mol. The van der Waals surface area contributed by atoms with Crippen LogP contribution in [0.1, 0.15) is 5.56 Å². The Hall–Kier alpha value is -3.07. The summed E-state index contributed by atoms with van der Waals surface area (Å²) < 4.78 is 5.06. The van der Waals surface area contributed by atoms with Crippen LogP contribution < -0.4 is 9.64 Å². The number of nitriles is 1. The van der Waals surface area contributed by atoms with Crippen LogP contribution in [0.25, 0.3) is 0 Å². The number of hydrogen-bond donors (Lipinski definition) is 0. The van der Waals surface area contributed by atoms with Gasteiger partial charge in [0.05, 0.1) is 23.3 Å². The smallest absolute Gasteiger partial charge is 0.311 e. The number of ether oxygens (including phenoxy) is 1. The van der Waals surface area contributed by atoms with Gasteiger partial charge in [0.2, 0.25) is 0 Å². The number of methoxy groups -OCH3 is 1. The molecule has 0 fully saturated rings. The van der Waals surface area contributed by atoms with Gasteiger partial charge in [-0.1, -0.05) is 12.1 Å². The predicted molar refractivity (Wildman–Crippen MR) is 78.9 cm³/mol. The van der Waals surface area contributed by atoms with E-state index in [-0.39, 0.29) is 11.4 Å². The van der Waals surface area contributed by atoms with Crippen molar-refractivity contribution in [3.63, 3.8) is 0 Å². The molecule has 6 nitrogen and oxygen atoms in total. The molecular formula is C15H13N3O3. The molecule has 0 atom stereocenters. The van der Waals surface area contributed by atoms with Gasteiger partial charge in [-0.2, -0.15) is 5.26 Å². The summed E-state index contributed by atoms with van der Waals surface area (Å²) in [6.07, 6.45) is 0. The van der Waals surface area contributed by atoms with Crippen LogP contribution in [-0.2, 0) is 0 Å². The Bertz CT molecular complexity index is 722. The van der Waals surface area contributed by atoms with Crippen molar-refractivity contribution in [1.82, 2.24) is 0 Å². The third-order valence-corrected chi connectivity index (χ3v) is 3.13. The lowest BCUT2D eigenvalue weighted by molar-refractivity contribution is -0.385. The van der Waals surface area contributed by atoms with E-state index in [1.807, 2.05) is 12.1 Å². The molecule has 106 valence electrons. The van der Waals surface area contributed by atoms with Crippen LogP contribution in [-0.4, -0.2) is 19.1 Å². The van der Waals surface area contributed by atoms with Crippen molar-refractivity contribution in [2.75, 3.05) is 19.1 Å². The van der Waals surface area contributed by atoms with E-state index in [0.29, 0.717) is 11.3 Å². The van der Waals surface area contributed by atoms with Crippen LogP contribution in [0.2, 0.25) is 0 Å². The molecule has 0 aliphatic carbocycles. The summed E-state index contributed by atoms with van der Waals surface area (Å²) in [6, 6.07) is 13.8. The third kappa shape index (κ3) is 2.77. The summed E-state index contributed by atoms with van der Waals surface area (Å²) in [5.41, 5.74) is 1.84. The van der Waals surface area contributed by atoms with E-state index in [1.165, 1.54) is 13.2 Å². The maximum atomic E-state index is 10.9. The van der Waals surface area contributed by atoms with Crippen molar-refractivity contribution in [2.45, 2.75) is 0 Å². The lowest BCUT2D eigenvalue weighted by atomic mass is 10.1. The van der Waals surface area contributed by atoms with Crippen LogP contribution in [0, 0.1) is 21.4 Å². The highest BCUT2D eigenvalue weighted by Crippen LogP contribution is 2.34. The van der Waals surface area contributed by atoms with Crippen LogP contribution in [0.5, 0.6) is 5.75 Å². The molecule has 2 aromatic rings. The molecule has 6 heteroatoms. The molecule has 2 aromatic carbocycles. The van der Waals surface area contributed by atoms with Crippen molar-refractivity contribution >= 4 is 17.1 Å². The quantitative estimate of drug-likeness (QED) is 0.635. The van der Waals surface area contributed by atoms with Crippen LogP contribution in [0.4, 0.5) is 17.1 Å². The maximum absolute atomic E-state index is 10.9. The molecule has 0 aliphatic heterocycles. The average Bonchev–Trinajstić information content (AvgIpc) is 2.53. The largest absolute Gasteiger partial charge is 0.490 e. The Morgan fingerprint density at radius 1 is 1.29 bits per heavy atom. The number of nitrogens with zero attached hydrogens (tertiary/aromatic N) is 3. The predicted octanol–water partition coefficient (Wildman–Crippen LogP) is 3.24. The highest BCUT2D eigenvalue weighted by atomic mass is 16.6. The summed E-state index contributed by atoms with van der Waals surface area (Å²) in [5, 5.41) is 20.0. The molecule has 0 bridgehead atoms. The minimum atomic E-state index is -0.494. The topological polar surface area (TPSA) is 79.4 Å². The van der Waals surface area contributed by atoms with E-state index < -0.39 is 4.92 Å². The van der Waals surface area contributed by atoms with E-state index >= 15 is 0 Å². The van der Waals surface area contributed by atoms with Crippen molar-refractivity contribution in [3.8, 4) is 11.8 Å². The molecule has 0 radical (unpaired) electrons. The summed E-state index contributed by atoms with van der Waals surface area (Å²) in [5.74, 6) is 0.179. The first kappa shape index (κ1) is 14.3. The number of hydrogen-bond acceptors (Lipinski definition) is 5. The fourth-order valence-electron chi connectivity index (χ4n) is 2.03. The fourth-order valence-corrected chi connectivity index (χ4v) is 2.03. The number of benzene rings is 2. The highest BCUT2D eigenvalue weighted by Gasteiger charge is 2.17. The Kier molecular flexibility index (Phi) is 4.05. The SMILES string of the molecule is COc1cc(N(C)c2ccccc2C#N)ccc1[N+](=O)[O-]. The second-order valence-corrected chi connectivity index (χ2v) is 4.30. The van der Waals surface area contributed by atoms with Crippen molar-refractivity contribution < 1.29 is 9.66 Å². The summed E-state index contributed by atoms with van der Waals surface area (Å²) >= 11 is 0. The van der Waals surface area contributed by atoms with E-state index in [9.17, 15) is 10.1 Å². The minimum Gasteiger partial charge on any atom is -0.490 e. The monoisotopic (exact) mass is 283 g/mol. The van der Waals surface area contributed by atoms with Gasteiger partial charge < -0.3 is 9.64 Å². The Labute approximate surface area is 122 Å². The molecule has 0 amide bonds. The minimum absolute atomic E-state index is 0.0942. The van der Waals surface area contributed by atoms with Crippen molar-refractivity contribution in [3.05, 3.63) is 58.1 Å². The molecule has 0 heterocycles. The summed E-state index contributed by atoms with van der Waals surface area (Å²) in [7, 11) is 3.17. The molecule has 21 heavy (non-hydrogen) atoms. The Morgan fingerprint density at radius 2 is 2.00 bits per heavy atom. The van der Waals surface area contributed by atoms with Gasteiger partial charge in [0, 0.05) is 24.9 Å². The molecule has 0 aliphatic rings. The molecule has 0 aromatic heterocycles. The average molecular weight is 283 g/mol. The molecule has 0 spiro atoms. The lowest BCUT2D eigenvalue weighted by Crippen LogP contribution is -2.11. The first-order chi connectivity index (χ1) is 10.1. The van der Waals surface area contributed by atoms with Gasteiger partial charge in [-0.05, 0) is 18.2 Å². The summed E-state index contributed by atoms with van der Waals surface area (Å²) in [6.45, 7) is 0. The highest BCUT2D eigenvalue weighted by molar-refractivity contribution is 5.71. The molecule has 0 unspecified atom stereocenters. The zero-order chi connectivity index (χ0) is 15.4. The standard InChI is InChI=1S/C15H13N3O3/c1-17(13-6-4-3-5-11(13)10-16)12-7-8-14(18(19)20)15(9-12)21-2/h3-9H,1-2H3. The number of rotatable bonds is 4. The number of para-hydroxylation sites is 1. The second-order valence-electron chi connectivity index (χ2n) is 4.30. The third-order valence-electron chi connectivity index (χ3n) is 3.13. The van der Waals surface area contributed by atoms with E-state index in [0.717, 1.165) is 5.69 Å². The molecule has 2 rings (SSSR count). The van der Waals surface area contributed by atoms with E-state index in [4.69, 9.17) is 10.00 Å². The molecule has 0 saturated heterocycles. The van der Waals surface area contributed by atoms with Crippen molar-refractivity contribution in [1.29, 1.82) is 5.26 Å². The maximum Gasteiger partial charge on any atom is 0.311 e. The van der Waals surface area contributed by atoms with Gasteiger partial charge in [0.25, 0.3) is 0 Å². The van der Waals surface area contributed by atoms with Gasteiger partial charge in [0.1, 0.15) is 6.07 Å². The van der Waals surface area contributed by atoms with Gasteiger partial charge in [0.15, 0.2) is 5.75 Å². The number of anilines is 2. The second kappa shape index (κ2) is 5.92. The van der Waals surface area contributed by atoms with E-state index in [1.54, 1.807) is 36.2 Å². The van der Waals surface area contributed by atoms with E-state index in [2.05, 4.69) is 6.07 Å². The lowest BCUT2D eigenvalue weighted by Gasteiger charge is -2.21. The molecule has 0 N–H and O–H groups in total. The first-order valence-corrected chi connectivity index (χ1v) is 6.13. The van der Waals surface area contributed by atoms with Gasteiger partial charge in [-0.15, -0.1) is 0 Å². The zero-order valence-electron chi connectivity index (χ0n) is 11.6. The van der Waals surface area contributed by atoms with Gasteiger partial charge in [-0.25, -0.2) is 0 Å². The van der Waals surface area contributed by atoms with Crippen molar-refractivity contribution in [2.24, 2.45) is 0 Å². The van der Waals surface area contributed by atoms with Crippen LogP contribution >= 0.6 is 0 Å². The normalized spacial score (nSPS) is 9.76.